The first-order valence-electron chi connectivity index (χ1n) is 7.24. The van der Waals surface area contributed by atoms with E-state index in [4.69, 9.17) is 28.7 Å². The number of aryl methyl sites for hydroxylation is 2. The highest BCUT2D eigenvalue weighted by molar-refractivity contribution is 7.80. The maximum atomic E-state index is 11.4. The van der Waals surface area contributed by atoms with Gasteiger partial charge in [-0.15, -0.1) is 0 Å². The van der Waals surface area contributed by atoms with E-state index in [1.807, 2.05) is 11.0 Å². The van der Waals surface area contributed by atoms with E-state index in [9.17, 15) is 4.79 Å². The largest absolute Gasteiger partial charge is 0.389 e. The zero-order chi connectivity index (χ0) is 15.6. The highest BCUT2D eigenvalue weighted by atomic mass is 32.1. The molecule has 114 valence electrons. The van der Waals surface area contributed by atoms with E-state index < -0.39 is 0 Å². The quantitative estimate of drug-likeness (QED) is 0.770. The Labute approximate surface area is 130 Å². The molecule has 0 atom stereocenters. The van der Waals surface area contributed by atoms with Gasteiger partial charge in [0.25, 0.3) is 0 Å². The molecular formula is C15H22N4OS. The molecule has 0 spiro atoms. The minimum atomic E-state index is -0.383. The third-order valence-electron chi connectivity index (χ3n) is 3.53. The Morgan fingerprint density at radius 2 is 2.14 bits per heavy atom. The molecule has 4 N–H and O–H groups in total. The topological polar surface area (TPSA) is 85.2 Å². The molecule has 6 heteroatoms. The number of carbonyl (C=O) groups excluding carboxylic acids is 1. The standard InChI is InChI=1S/C15H22N4OS/c1-9(2)7-19(8-13(16)20)15-11(14(17)21)6-10-4-3-5-12(10)18-15/h6,9H,3-5,7-8H2,1-2H3,(H2,16,20)(H2,17,21). The first-order chi connectivity index (χ1) is 9.88. The molecule has 1 amide bonds. The van der Waals surface area contributed by atoms with Crippen LogP contribution in [-0.4, -0.2) is 29.0 Å². The number of anilines is 1. The van der Waals surface area contributed by atoms with Gasteiger partial charge in [0.05, 0.1) is 12.1 Å². The Morgan fingerprint density at radius 3 is 2.71 bits per heavy atom. The van der Waals surface area contributed by atoms with Crippen LogP contribution in [0.15, 0.2) is 6.07 Å². The Hall–Kier alpha value is -1.69. The molecule has 0 aromatic carbocycles. The summed E-state index contributed by atoms with van der Waals surface area (Å²) in [5.74, 6) is 0.682. The molecule has 1 aliphatic rings. The van der Waals surface area contributed by atoms with Crippen molar-refractivity contribution in [3.63, 3.8) is 0 Å². The number of hydrogen-bond acceptors (Lipinski definition) is 4. The third kappa shape index (κ3) is 3.69. The zero-order valence-corrected chi connectivity index (χ0v) is 13.4. The summed E-state index contributed by atoms with van der Waals surface area (Å²) < 4.78 is 0. The number of carbonyl (C=O) groups is 1. The van der Waals surface area contributed by atoms with Gasteiger partial charge >= 0.3 is 0 Å². The highest BCUT2D eigenvalue weighted by Gasteiger charge is 2.22. The molecule has 1 aromatic heterocycles. The average Bonchev–Trinajstić information content (AvgIpc) is 2.82. The van der Waals surface area contributed by atoms with E-state index in [1.54, 1.807) is 0 Å². The summed E-state index contributed by atoms with van der Waals surface area (Å²) in [6, 6.07) is 2.03. The van der Waals surface area contributed by atoms with Crippen LogP contribution in [0.1, 0.15) is 37.1 Å². The summed E-state index contributed by atoms with van der Waals surface area (Å²) in [7, 11) is 0. The number of hydrogen-bond donors (Lipinski definition) is 2. The predicted octanol–water partition coefficient (Wildman–Crippen LogP) is 1.15. The predicted molar refractivity (Wildman–Crippen MR) is 88.4 cm³/mol. The van der Waals surface area contributed by atoms with Crippen molar-refractivity contribution in [1.29, 1.82) is 0 Å². The van der Waals surface area contributed by atoms with E-state index in [0.29, 0.717) is 23.3 Å². The summed E-state index contributed by atoms with van der Waals surface area (Å²) in [4.78, 5) is 18.3. The van der Waals surface area contributed by atoms with Crippen molar-refractivity contribution in [3.05, 3.63) is 22.9 Å². The van der Waals surface area contributed by atoms with Crippen LogP contribution < -0.4 is 16.4 Å². The van der Waals surface area contributed by atoms with Crippen molar-refractivity contribution in [2.45, 2.75) is 33.1 Å². The first-order valence-corrected chi connectivity index (χ1v) is 7.65. The number of nitrogens with two attached hydrogens (primary N) is 2. The van der Waals surface area contributed by atoms with Gasteiger partial charge in [-0.05, 0) is 36.8 Å². The molecule has 21 heavy (non-hydrogen) atoms. The van der Waals surface area contributed by atoms with Crippen LogP contribution in [0.25, 0.3) is 0 Å². The number of thiocarbonyl (C=S) groups is 1. The fraction of sp³-hybridized carbons (Fsp3) is 0.533. The fourth-order valence-electron chi connectivity index (χ4n) is 2.74. The second-order valence-electron chi connectivity index (χ2n) is 5.92. The molecule has 0 aliphatic heterocycles. The summed E-state index contributed by atoms with van der Waals surface area (Å²) in [6.45, 7) is 4.98. The molecule has 0 saturated heterocycles. The van der Waals surface area contributed by atoms with Crippen molar-refractivity contribution in [3.8, 4) is 0 Å². The highest BCUT2D eigenvalue weighted by Crippen LogP contribution is 2.27. The number of primary amides is 1. The number of amides is 1. The van der Waals surface area contributed by atoms with Crippen LogP contribution >= 0.6 is 12.2 Å². The smallest absolute Gasteiger partial charge is 0.236 e. The van der Waals surface area contributed by atoms with Gasteiger partial charge < -0.3 is 16.4 Å². The van der Waals surface area contributed by atoms with Gasteiger partial charge in [-0.1, -0.05) is 26.1 Å². The Kier molecular flexibility index (Phi) is 4.77. The maximum Gasteiger partial charge on any atom is 0.236 e. The summed E-state index contributed by atoms with van der Waals surface area (Å²) in [5.41, 5.74) is 14.3. The number of nitrogens with zero attached hydrogens (tertiary/aromatic N) is 2. The Bertz CT molecular complexity index is 571. The van der Waals surface area contributed by atoms with E-state index in [1.165, 1.54) is 5.56 Å². The lowest BCUT2D eigenvalue weighted by molar-refractivity contribution is -0.116. The van der Waals surface area contributed by atoms with Crippen molar-refractivity contribution in [1.82, 2.24) is 4.98 Å². The van der Waals surface area contributed by atoms with Crippen molar-refractivity contribution < 1.29 is 4.79 Å². The van der Waals surface area contributed by atoms with E-state index in [2.05, 4.69) is 13.8 Å². The lowest BCUT2D eigenvalue weighted by atomic mass is 10.1. The van der Waals surface area contributed by atoms with Gasteiger partial charge in [0.2, 0.25) is 5.91 Å². The molecule has 1 aromatic rings. The van der Waals surface area contributed by atoms with Crippen LogP contribution in [0.5, 0.6) is 0 Å². The summed E-state index contributed by atoms with van der Waals surface area (Å²) in [5, 5.41) is 0. The second kappa shape index (κ2) is 6.39. The Balaban J connectivity index is 2.46. The van der Waals surface area contributed by atoms with Crippen molar-refractivity contribution in [2.75, 3.05) is 18.0 Å². The van der Waals surface area contributed by atoms with Crippen molar-refractivity contribution in [2.24, 2.45) is 17.4 Å². The number of pyridine rings is 1. The van der Waals surface area contributed by atoms with Crippen LogP contribution in [0.4, 0.5) is 5.82 Å². The van der Waals surface area contributed by atoms with Crippen LogP contribution in [0, 0.1) is 5.92 Å². The molecule has 0 bridgehead atoms. The van der Waals surface area contributed by atoms with Gasteiger partial charge in [0, 0.05) is 12.2 Å². The van der Waals surface area contributed by atoms with E-state index in [-0.39, 0.29) is 12.5 Å². The Morgan fingerprint density at radius 1 is 1.43 bits per heavy atom. The zero-order valence-electron chi connectivity index (χ0n) is 12.6. The lowest BCUT2D eigenvalue weighted by Gasteiger charge is -2.27. The second-order valence-corrected chi connectivity index (χ2v) is 6.36. The third-order valence-corrected chi connectivity index (χ3v) is 3.75. The fourth-order valence-corrected chi connectivity index (χ4v) is 2.89. The maximum absolute atomic E-state index is 11.4. The van der Waals surface area contributed by atoms with Gasteiger partial charge in [-0.25, -0.2) is 4.98 Å². The summed E-state index contributed by atoms with van der Waals surface area (Å²) >= 11 is 5.16. The molecule has 2 rings (SSSR count). The molecule has 5 nitrogen and oxygen atoms in total. The first kappa shape index (κ1) is 15.7. The van der Waals surface area contributed by atoms with Gasteiger partial charge in [0.15, 0.2) is 0 Å². The van der Waals surface area contributed by atoms with E-state index >= 15 is 0 Å². The summed E-state index contributed by atoms with van der Waals surface area (Å²) in [6.07, 6.45) is 3.08. The molecule has 1 aliphatic carbocycles. The average molecular weight is 306 g/mol. The van der Waals surface area contributed by atoms with Crippen LogP contribution in [0.2, 0.25) is 0 Å². The molecule has 0 unspecified atom stereocenters. The molecular weight excluding hydrogens is 284 g/mol. The van der Waals surface area contributed by atoms with E-state index in [0.717, 1.165) is 30.5 Å². The molecule has 0 saturated carbocycles. The van der Waals surface area contributed by atoms with Crippen molar-refractivity contribution >= 4 is 28.9 Å². The minimum Gasteiger partial charge on any atom is -0.389 e. The number of fused-ring (bicyclic) bond motifs is 1. The number of rotatable bonds is 6. The van der Waals surface area contributed by atoms with Gasteiger partial charge in [0.1, 0.15) is 10.8 Å². The molecule has 0 radical (unpaired) electrons. The van der Waals surface area contributed by atoms with Crippen LogP contribution in [0.3, 0.4) is 0 Å². The van der Waals surface area contributed by atoms with Gasteiger partial charge in [-0.3, -0.25) is 4.79 Å². The van der Waals surface area contributed by atoms with Crippen LogP contribution in [-0.2, 0) is 17.6 Å². The SMILES string of the molecule is CC(C)CN(CC(N)=O)c1nc2c(cc1C(N)=S)CCC2. The minimum absolute atomic E-state index is 0.125. The number of aromatic nitrogens is 1. The lowest BCUT2D eigenvalue weighted by Crippen LogP contribution is -2.38. The monoisotopic (exact) mass is 306 g/mol. The van der Waals surface area contributed by atoms with Gasteiger partial charge in [-0.2, -0.15) is 0 Å². The molecule has 0 fully saturated rings. The normalized spacial score (nSPS) is 13.3. The molecule has 1 heterocycles.